The fourth-order valence-corrected chi connectivity index (χ4v) is 4.07. The normalized spacial score (nSPS) is 16.4. The molecule has 30 heavy (non-hydrogen) atoms. The molecular formula is C26H36N2O2. The van der Waals surface area contributed by atoms with Crippen LogP contribution in [0.15, 0.2) is 48.5 Å². The standard InChI is InChI=1S/C26H36N2O2/c1-19(2)17-25(22-9-11-24(30-4)12-10-22)27-26(29)23-7-5-21(6-8-23)18-28-15-13-20(3)14-16-28/h5-12,19-20,25H,13-18H2,1-4H3,(H,27,29)/t25-/m1/s1. The predicted octanol–water partition coefficient (Wildman–Crippen LogP) is 5.44. The van der Waals surface area contributed by atoms with Crippen LogP contribution in [0.5, 0.6) is 5.75 Å². The average molecular weight is 409 g/mol. The zero-order chi connectivity index (χ0) is 21.5. The summed E-state index contributed by atoms with van der Waals surface area (Å²) in [6.07, 6.45) is 3.45. The van der Waals surface area contributed by atoms with Gasteiger partial charge in [0.2, 0.25) is 0 Å². The molecular weight excluding hydrogens is 372 g/mol. The predicted molar refractivity (Wildman–Crippen MR) is 123 cm³/mol. The Kier molecular flexibility index (Phi) is 7.92. The number of amides is 1. The van der Waals surface area contributed by atoms with Gasteiger partial charge in [-0.25, -0.2) is 0 Å². The molecule has 0 bridgehead atoms. The number of carbonyl (C=O) groups is 1. The van der Waals surface area contributed by atoms with Crippen molar-refractivity contribution in [3.8, 4) is 5.75 Å². The van der Waals surface area contributed by atoms with Crippen molar-refractivity contribution in [2.45, 2.75) is 52.6 Å². The molecule has 2 aromatic carbocycles. The van der Waals surface area contributed by atoms with Crippen molar-refractivity contribution in [2.75, 3.05) is 20.2 Å². The van der Waals surface area contributed by atoms with Crippen LogP contribution in [0.4, 0.5) is 0 Å². The summed E-state index contributed by atoms with van der Waals surface area (Å²) in [5.74, 6) is 2.13. The van der Waals surface area contributed by atoms with Gasteiger partial charge >= 0.3 is 0 Å². The molecule has 0 aliphatic carbocycles. The maximum atomic E-state index is 12.9. The molecule has 1 aliphatic heterocycles. The van der Waals surface area contributed by atoms with Gasteiger partial charge in [0.05, 0.1) is 13.2 Å². The van der Waals surface area contributed by atoms with E-state index in [-0.39, 0.29) is 11.9 Å². The summed E-state index contributed by atoms with van der Waals surface area (Å²) in [4.78, 5) is 15.4. The first kappa shape index (κ1) is 22.4. The summed E-state index contributed by atoms with van der Waals surface area (Å²) in [7, 11) is 1.66. The smallest absolute Gasteiger partial charge is 0.251 e. The van der Waals surface area contributed by atoms with Gasteiger partial charge in [-0.3, -0.25) is 9.69 Å². The number of carbonyl (C=O) groups excluding carboxylic acids is 1. The van der Waals surface area contributed by atoms with Crippen molar-refractivity contribution < 1.29 is 9.53 Å². The first-order chi connectivity index (χ1) is 14.4. The van der Waals surface area contributed by atoms with E-state index in [1.165, 1.54) is 31.5 Å². The number of rotatable bonds is 8. The molecule has 1 saturated heterocycles. The zero-order valence-electron chi connectivity index (χ0n) is 18.9. The van der Waals surface area contributed by atoms with E-state index in [0.29, 0.717) is 11.5 Å². The van der Waals surface area contributed by atoms with Gasteiger partial charge in [0.15, 0.2) is 0 Å². The van der Waals surface area contributed by atoms with Gasteiger partial charge in [0, 0.05) is 12.1 Å². The molecule has 0 radical (unpaired) electrons. The molecule has 162 valence electrons. The van der Waals surface area contributed by atoms with Crippen LogP contribution in [0.3, 0.4) is 0 Å². The minimum Gasteiger partial charge on any atom is -0.497 e. The maximum absolute atomic E-state index is 12.9. The van der Waals surface area contributed by atoms with Crippen LogP contribution in [0, 0.1) is 11.8 Å². The molecule has 1 aliphatic rings. The van der Waals surface area contributed by atoms with Crippen LogP contribution in [0.1, 0.15) is 67.6 Å². The summed E-state index contributed by atoms with van der Waals surface area (Å²) in [5.41, 5.74) is 3.09. The largest absolute Gasteiger partial charge is 0.497 e. The van der Waals surface area contributed by atoms with Crippen molar-refractivity contribution in [2.24, 2.45) is 11.8 Å². The van der Waals surface area contributed by atoms with Crippen LogP contribution >= 0.6 is 0 Å². The Morgan fingerprint density at radius 1 is 1.07 bits per heavy atom. The van der Waals surface area contributed by atoms with Crippen LogP contribution in [0.2, 0.25) is 0 Å². The highest BCUT2D eigenvalue weighted by Gasteiger charge is 2.18. The third kappa shape index (κ3) is 6.33. The Balaban J connectivity index is 1.63. The van der Waals surface area contributed by atoms with E-state index in [2.05, 4.69) is 43.1 Å². The van der Waals surface area contributed by atoms with Crippen molar-refractivity contribution in [3.63, 3.8) is 0 Å². The summed E-state index contributed by atoms with van der Waals surface area (Å²) < 4.78 is 5.26. The molecule has 0 saturated carbocycles. The molecule has 1 fully saturated rings. The number of nitrogens with zero attached hydrogens (tertiary/aromatic N) is 1. The van der Waals surface area contributed by atoms with E-state index >= 15 is 0 Å². The van der Waals surface area contributed by atoms with Gasteiger partial charge in [0.1, 0.15) is 5.75 Å². The zero-order valence-corrected chi connectivity index (χ0v) is 18.9. The lowest BCUT2D eigenvalue weighted by atomic mass is 9.96. The Bertz CT molecular complexity index is 791. The van der Waals surface area contributed by atoms with Crippen LogP contribution in [0.25, 0.3) is 0 Å². The highest BCUT2D eigenvalue weighted by Crippen LogP contribution is 2.24. The van der Waals surface area contributed by atoms with E-state index in [4.69, 9.17) is 4.74 Å². The second-order valence-electron chi connectivity index (χ2n) is 9.08. The van der Waals surface area contributed by atoms with Gasteiger partial charge in [-0.15, -0.1) is 0 Å². The summed E-state index contributed by atoms with van der Waals surface area (Å²) in [5, 5.41) is 3.23. The number of piperidine rings is 1. The molecule has 0 unspecified atom stereocenters. The lowest BCUT2D eigenvalue weighted by Crippen LogP contribution is -2.32. The Morgan fingerprint density at radius 3 is 2.27 bits per heavy atom. The molecule has 0 aromatic heterocycles. The Labute approximate surface area is 181 Å². The van der Waals surface area contributed by atoms with Crippen molar-refractivity contribution >= 4 is 5.91 Å². The first-order valence-electron chi connectivity index (χ1n) is 11.2. The highest BCUT2D eigenvalue weighted by atomic mass is 16.5. The van der Waals surface area contributed by atoms with E-state index in [1.54, 1.807) is 7.11 Å². The number of methoxy groups -OCH3 is 1. The lowest BCUT2D eigenvalue weighted by Gasteiger charge is -2.30. The van der Waals surface area contributed by atoms with Gasteiger partial charge in [0.25, 0.3) is 5.91 Å². The van der Waals surface area contributed by atoms with Gasteiger partial charge in [-0.05, 0) is 79.6 Å². The van der Waals surface area contributed by atoms with Crippen molar-refractivity contribution in [1.29, 1.82) is 0 Å². The monoisotopic (exact) mass is 408 g/mol. The quantitative estimate of drug-likeness (QED) is 0.632. The molecule has 0 spiro atoms. The van der Waals surface area contributed by atoms with Crippen LogP contribution < -0.4 is 10.1 Å². The molecule has 1 atom stereocenters. The fourth-order valence-electron chi connectivity index (χ4n) is 4.07. The van der Waals surface area contributed by atoms with Gasteiger partial charge in [-0.2, -0.15) is 0 Å². The molecule has 1 N–H and O–H groups in total. The minimum absolute atomic E-state index is 0.0153. The number of nitrogens with one attached hydrogen (secondary N) is 1. The molecule has 4 heteroatoms. The highest BCUT2D eigenvalue weighted by molar-refractivity contribution is 5.94. The molecule has 2 aromatic rings. The Morgan fingerprint density at radius 2 is 1.70 bits per heavy atom. The van der Waals surface area contributed by atoms with E-state index in [0.717, 1.165) is 30.2 Å². The number of hydrogen-bond donors (Lipinski definition) is 1. The number of hydrogen-bond acceptors (Lipinski definition) is 3. The molecule has 3 rings (SSSR count). The topological polar surface area (TPSA) is 41.6 Å². The van der Waals surface area contributed by atoms with Crippen molar-refractivity contribution in [1.82, 2.24) is 10.2 Å². The second kappa shape index (κ2) is 10.6. The Hall–Kier alpha value is -2.33. The minimum atomic E-state index is -0.0187. The van der Waals surface area contributed by atoms with Gasteiger partial charge < -0.3 is 10.1 Å². The van der Waals surface area contributed by atoms with E-state index in [9.17, 15) is 4.79 Å². The third-order valence-electron chi connectivity index (χ3n) is 6.03. The first-order valence-corrected chi connectivity index (χ1v) is 11.2. The third-order valence-corrected chi connectivity index (χ3v) is 6.03. The second-order valence-corrected chi connectivity index (χ2v) is 9.08. The SMILES string of the molecule is COc1ccc([C@@H](CC(C)C)NC(=O)c2ccc(CN3CCC(C)CC3)cc2)cc1. The van der Waals surface area contributed by atoms with Crippen LogP contribution in [-0.2, 0) is 6.54 Å². The summed E-state index contributed by atoms with van der Waals surface area (Å²) in [6, 6.07) is 16.1. The lowest BCUT2D eigenvalue weighted by molar-refractivity contribution is 0.0932. The number of ether oxygens (including phenoxy) is 1. The average Bonchev–Trinajstić information content (AvgIpc) is 2.75. The summed E-state index contributed by atoms with van der Waals surface area (Å²) >= 11 is 0. The summed E-state index contributed by atoms with van der Waals surface area (Å²) in [6.45, 7) is 10.0. The fraction of sp³-hybridized carbons (Fsp3) is 0.500. The molecule has 1 heterocycles. The number of likely N-dealkylation sites (tertiary alicyclic amines) is 1. The van der Waals surface area contributed by atoms with Crippen LogP contribution in [-0.4, -0.2) is 31.0 Å². The number of benzene rings is 2. The van der Waals surface area contributed by atoms with Crippen molar-refractivity contribution in [3.05, 3.63) is 65.2 Å². The molecule has 1 amide bonds. The molecule has 4 nitrogen and oxygen atoms in total. The van der Waals surface area contributed by atoms with E-state index < -0.39 is 0 Å². The van der Waals surface area contributed by atoms with Gasteiger partial charge in [-0.1, -0.05) is 45.0 Å². The maximum Gasteiger partial charge on any atom is 0.251 e. The van der Waals surface area contributed by atoms with E-state index in [1.807, 2.05) is 36.4 Å².